The fourth-order valence-corrected chi connectivity index (χ4v) is 1.64. The van der Waals surface area contributed by atoms with Crippen LogP contribution in [0, 0.1) is 0 Å². The molecule has 0 fully saturated rings. The molecule has 72 valence electrons. The second kappa shape index (κ2) is 5.04. The molecule has 0 saturated carbocycles. The summed E-state index contributed by atoms with van der Waals surface area (Å²) in [5.41, 5.74) is 0. The molecule has 0 bridgehead atoms. The molecule has 0 aliphatic rings. The molecule has 13 heavy (non-hydrogen) atoms. The van der Waals surface area contributed by atoms with E-state index >= 15 is 0 Å². The lowest BCUT2D eigenvalue weighted by Crippen LogP contribution is -2.14. The minimum absolute atomic E-state index is 0.389. The van der Waals surface area contributed by atoms with Gasteiger partial charge in [-0.2, -0.15) is 0 Å². The molecule has 0 spiro atoms. The van der Waals surface area contributed by atoms with Crippen molar-refractivity contribution >= 4 is 17.6 Å². The first-order valence-corrected chi connectivity index (χ1v) is 4.93. The Kier molecular flexibility index (Phi) is 3.98. The first-order valence-electron chi connectivity index (χ1n) is 4.12. The largest absolute Gasteiger partial charge is 0.309 e. The molecule has 1 aromatic heterocycles. The van der Waals surface area contributed by atoms with E-state index in [9.17, 15) is 4.79 Å². The third kappa shape index (κ3) is 3.61. The Morgan fingerprint density at radius 2 is 2.08 bits per heavy atom. The van der Waals surface area contributed by atoms with Gasteiger partial charge in [0.2, 0.25) is 0 Å². The van der Waals surface area contributed by atoms with Crippen LogP contribution in [0.5, 0.6) is 0 Å². The van der Waals surface area contributed by atoms with E-state index in [2.05, 4.69) is 15.1 Å². The summed E-state index contributed by atoms with van der Waals surface area (Å²) in [4.78, 5) is 12.3. The first kappa shape index (κ1) is 10.3. The lowest BCUT2D eigenvalue weighted by atomic mass is 10.4. The third-order valence-electron chi connectivity index (χ3n) is 1.54. The second-order valence-corrected chi connectivity index (χ2v) is 4.16. The van der Waals surface area contributed by atoms with Gasteiger partial charge in [0, 0.05) is 13.0 Å². The van der Waals surface area contributed by atoms with Crippen LogP contribution < -0.4 is 0 Å². The van der Waals surface area contributed by atoms with Crippen molar-refractivity contribution in [1.29, 1.82) is 0 Å². The smallest absolute Gasteiger partial charge is 0.126 e. The van der Waals surface area contributed by atoms with Crippen molar-refractivity contribution in [2.24, 2.45) is 0 Å². The number of nitrogens with zero attached hydrogens (tertiary/aromatic N) is 3. The van der Waals surface area contributed by atoms with Crippen molar-refractivity contribution in [3.05, 3.63) is 10.0 Å². The predicted octanol–water partition coefficient (Wildman–Crippen LogP) is 0.384. The van der Waals surface area contributed by atoms with Gasteiger partial charge in [0.1, 0.15) is 16.3 Å². The molecule has 0 unspecified atom stereocenters. The number of aromatic nitrogens is 2. The minimum atomic E-state index is 0.389. The van der Waals surface area contributed by atoms with E-state index in [1.165, 1.54) is 11.3 Å². The Morgan fingerprint density at radius 3 is 2.69 bits per heavy atom. The summed E-state index contributed by atoms with van der Waals surface area (Å²) in [6.45, 7) is 0.968. The van der Waals surface area contributed by atoms with Crippen LogP contribution in [0.2, 0.25) is 0 Å². The Labute approximate surface area is 81.6 Å². The Hall–Kier alpha value is -0.810. The number of likely N-dealkylation sites (N-methyl/N-ethyl adjacent to an activating group) is 1. The predicted molar refractivity (Wildman–Crippen MR) is 51.9 cm³/mol. The maximum atomic E-state index is 10.2. The van der Waals surface area contributed by atoms with Crippen LogP contribution in [0.25, 0.3) is 0 Å². The maximum Gasteiger partial charge on any atom is 0.126 e. The zero-order valence-corrected chi connectivity index (χ0v) is 8.67. The molecule has 0 saturated heterocycles. The summed E-state index contributed by atoms with van der Waals surface area (Å²) in [5, 5.41) is 9.71. The molecule has 0 atom stereocenters. The van der Waals surface area contributed by atoms with E-state index in [1.807, 2.05) is 14.1 Å². The van der Waals surface area contributed by atoms with Crippen LogP contribution in [-0.2, 0) is 17.6 Å². The van der Waals surface area contributed by atoms with E-state index in [-0.39, 0.29) is 0 Å². The molecule has 1 heterocycles. The molecular weight excluding hydrogens is 186 g/mol. The highest BCUT2D eigenvalue weighted by Gasteiger charge is 2.03. The van der Waals surface area contributed by atoms with Crippen molar-refractivity contribution in [2.75, 3.05) is 20.6 Å². The van der Waals surface area contributed by atoms with Crippen LogP contribution in [-0.4, -0.2) is 42.0 Å². The number of aldehydes is 1. The zero-order chi connectivity index (χ0) is 9.68. The molecule has 0 N–H and O–H groups in total. The molecule has 4 nitrogen and oxygen atoms in total. The van der Waals surface area contributed by atoms with Gasteiger partial charge in [-0.1, -0.05) is 0 Å². The standard InChI is InChI=1S/C8H13N3OS/c1-11(2)5-3-7-9-10-8(13-7)4-6-12/h6H,3-5H2,1-2H3. The lowest BCUT2D eigenvalue weighted by molar-refractivity contribution is -0.107. The van der Waals surface area contributed by atoms with Crippen molar-refractivity contribution in [3.63, 3.8) is 0 Å². The third-order valence-corrected chi connectivity index (χ3v) is 2.54. The molecule has 5 heteroatoms. The van der Waals surface area contributed by atoms with Gasteiger partial charge in [0.05, 0.1) is 6.42 Å². The number of carbonyl (C=O) groups excluding carboxylic acids is 1. The van der Waals surface area contributed by atoms with Gasteiger partial charge in [-0.05, 0) is 14.1 Å². The van der Waals surface area contributed by atoms with Crippen LogP contribution in [0.3, 0.4) is 0 Å². The Bertz CT molecular complexity index is 272. The van der Waals surface area contributed by atoms with Crippen molar-refractivity contribution < 1.29 is 4.79 Å². The van der Waals surface area contributed by atoms with Gasteiger partial charge >= 0.3 is 0 Å². The first-order chi connectivity index (χ1) is 6.22. The molecule has 0 aromatic carbocycles. The summed E-state index contributed by atoms with van der Waals surface area (Å²) >= 11 is 1.52. The molecule has 0 amide bonds. The van der Waals surface area contributed by atoms with Crippen molar-refractivity contribution in [3.8, 4) is 0 Å². The monoisotopic (exact) mass is 199 g/mol. The van der Waals surface area contributed by atoms with Crippen LogP contribution in [0.4, 0.5) is 0 Å². The molecule has 1 aromatic rings. The zero-order valence-electron chi connectivity index (χ0n) is 7.86. The highest BCUT2D eigenvalue weighted by atomic mass is 32.1. The quantitative estimate of drug-likeness (QED) is 0.643. The van der Waals surface area contributed by atoms with E-state index in [0.29, 0.717) is 6.42 Å². The minimum Gasteiger partial charge on any atom is -0.309 e. The van der Waals surface area contributed by atoms with E-state index in [4.69, 9.17) is 0 Å². The average Bonchev–Trinajstić information content (AvgIpc) is 2.50. The van der Waals surface area contributed by atoms with Gasteiger partial charge in [0.15, 0.2) is 0 Å². The van der Waals surface area contributed by atoms with E-state index in [1.54, 1.807) is 0 Å². The fourth-order valence-electron chi connectivity index (χ4n) is 0.862. The topological polar surface area (TPSA) is 46.1 Å². The summed E-state index contributed by atoms with van der Waals surface area (Å²) in [6, 6.07) is 0. The Balaban J connectivity index is 2.44. The van der Waals surface area contributed by atoms with Crippen molar-refractivity contribution in [1.82, 2.24) is 15.1 Å². The van der Waals surface area contributed by atoms with E-state index in [0.717, 1.165) is 29.3 Å². The lowest BCUT2D eigenvalue weighted by Gasteiger charge is -2.05. The molecular formula is C8H13N3OS. The van der Waals surface area contributed by atoms with Gasteiger partial charge in [-0.3, -0.25) is 0 Å². The second-order valence-electron chi connectivity index (χ2n) is 3.01. The fraction of sp³-hybridized carbons (Fsp3) is 0.625. The normalized spacial score (nSPS) is 10.7. The molecule has 0 aliphatic heterocycles. The molecule has 1 rings (SSSR count). The number of carbonyl (C=O) groups is 1. The summed E-state index contributed by atoms with van der Waals surface area (Å²) < 4.78 is 0. The number of hydrogen-bond acceptors (Lipinski definition) is 5. The summed E-state index contributed by atoms with van der Waals surface area (Å²) in [6.07, 6.45) is 2.15. The van der Waals surface area contributed by atoms with Crippen molar-refractivity contribution in [2.45, 2.75) is 12.8 Å². The number of rotatable bonds is 5. The van der Waals surface area contributed by atoms with Crippen LogP contribution >= 0.6 is 11.3 Å². The molecule has 0 aliphatic carbocycles. The highest BCUT2D eigenvalue weighted by molar-refractivity contribution is 7.11. The SMILES string of the molecule is CN(C)CCc1nnc(CC=O)s1. The maximum absolute atomic E-state index is 10.2. The summed E-state index contributed by atoms with van der Waals surface area (Å²) in [5.74, 6) is 0. The van der Waals surface area contributed by atoms with Crippen LogP contribution in [0.1, 0.15) is 10.0 Å². The number of hydrogen-bond donors (Lipinski definition) is 0. The van der Waals surface area contributed by atoms with E-state index < -0.39 is 0 Å². The Morgan fingerprint density at radius 1 is 1.38 bits per heavy atom. The average molecular weight is 199 g/mol. The van der Waals surface area contributed by atoms with Gasteiger partial charge < -0.3 is 9.69 Å². The van der Waals surface area contributed by atoms with Gasteiger partial charge in [-0.15, -0.1) is 21.5 Å². The highest BCUT2D eigenvalue weighted by Crippen LogP contribution is 2.10. The summed E-state index contributed by atoms with van der Waals surface area (Å²) in [7, 11) is 4.04. The van der Waals surface area contributed by atoms with Gasteiger partial charge in [0.25, 0.3) is 0 Å². The van der Waals surface area contributed by atoms with Crippen LogP contribution in [0.15, 0.2) is 0 Å². The van der Waals surface area contributed by atoms with Gasteiger partial charge in [-0.25, -0.2) is 0 Å². The molecule has 0 radical (unpaired) electrons.